The van der Waals surface area contributed by atoms with Crippen molar-refractivity contribution in [2.24, 2.45) is 5.41 Å². The van der Waals surface area contributed by atoms with E-state index in [4.69, 9.17) is 4.52 Å². The summed E-state index contributed by atoms with van der Waals surface area (Å²) in [4.78, 5) is 33.2. The van der Waals surface area contributed by atoms with Crippen molar-refractivity contribution >= 4 is 11.6 Å². The van der Waals surface area contributed by atoms with Gasteiger partial charge in [-0.15, -0.1) is 0 Å². The highest BCUT2D eigenvalue weighted by Gasteiger charge is 2.48. The molecule has 3 heterocycles. The maximum absolute atomic E-state index is 14.2. The van der Waals surface area contributed by atoms with E-state index in [2.05, 4.69) is 15.0 Å². The van der Waals surface area contributed by atoms with E-state index in [1.807, 2.05) is 13.8 Å². The quantitative estimate of drug-likeness (QED) is 0.206. The first-order valence-corrected chi connectivity index (χ1v) is 13.9. The highest BCUT2D eigenvalue weighted by atomic mass is 19.1. The number of carbonyl (C=O) groups excluding carboxylic acids is 2. The van der Waals surface area contributed by atoms with Crippen molar-refractivity contribution in [3.05, 3.63) is 71.4 Å². The molecular formula is C31H34F3N3O3. The lowest BCUT2D eigenvalue weighted by molar-refractivity contribution is -0.127. The van der Waals surface area contributed by atoms with Gasteiger partial charge in [0, 0.05) is 67.1 Å². The number of nitrogens with zero attached hydrogens (tertiary/aromatic N) is 3. The molecule has 2 aliphatic rings. The summed E-state index contributed by atoms with van der Waals surface area (Å²) in [6.45, 7) is 4.99. The molecule has 2 fully saturated rings. The van der Waals surface area contributed by atoms with Crippen LogP contribution in [0.25, 0.3) is 11.3 Å². The van der Waals surface area contributed by atoms with Crippen molar-refractivity contribution in [1.82, 2.24) is 15.0 Å². The molecule has 1 aliphatic carbocycles. The Morgan fingerprint density at radius 2 is 1.77 bits per heavy atom. The van der Waals surface area contributed by atoms with Gasteiger partial charge in [0.05, 0.1) is 5.56 Å². The number of rotatable bonds is 10. The van der Waals surface area contributed by atoms with E-state index in [1.54, 1.807) is 12.1 Å². The topological polar surface area (TPSA) is 76.3 Å². The highest BCUT2D eigenvalue weighted by molar-refractivity contribution is 5.96. The van der Waals surface area contributed by atoms with Crippen LogP contribution in [0.4, 0.5) is 13.2 Å². The van der Waals surface area contributed by atoms with Gasteiger partial charge in [-0.05, 0) is 37.1 Å². The molecule has 1 saturated heterocycles. The second-order valence-electron chi connectivity index (χ2n) is 12.1. The van der Waals surface area contributed by atoms with Crippen LogP contribution in [0.2, 0.25) is 0 Å². The maximum atomic E-state index is 14.2. The largest absolute Gasteiger partial charge is 0.355 e. The Balaban J connectivity index is 1.31. The van der Waals surface area contributed by atoms with Gasteiger partial charge in [-0.2, -0.15) is 4.39 Å². The third-order valence-corrected chi connectivity index (χ3v) is 8.32. The van der Waals surface area contributed by atoms with Gasteiger partial charge in [0.2, 0.25) is 5.95 Å². The summed E-state index contributed by atoms with van der Waals surface area (Å²) in [6, 6.07) is 9.49. The maximum Gasteiger partial charge on any atom is 0.213 e. The molecule has 2 aromatic heterocycles. The average Bonchev–Trinajstić information content (AvgIpc) is 3.37. The first-order valence-electron chi connectivity index (χ1n) is 13.9. The van der Waals surface area contributed by atoms with E-state index in [1.165, 1.54) is 37.5 Å². The lowest BCUT2D eigenvalue weighted by Gasteiger charge is -2.54. The molecule has 0 atom stereocenters. The molecule has 40 heavy (non-hydrogen) atoms. The summed E-state index contributed by atoms with van der Waals surface area (Å²) in [5.41, 5.74) is -0.662. The minimum Gasteiger partial charge on any atom is -0.355 e. The molecule has 1 aromatic carbocycles. The van der Waals surface area contributed by atoms with Crippen LogP contribution in [0.15, 0.2) is 47.0 Å². The van der Waals surface area contributed by atoms with Crippen molar-refractivity contribution in [3.63, 3.8) is 0 Å². The monoisotopic (exact) mass is 553 g/mol. The number of likely N-dealkylation sites (tertiary alicyclic amines) is 1. The Hall–Kier alpha value is -3.33. The number of hydrogen-bond donors (Lipinski definition) is 0. The molecule has 6 nitrogen and oxygen atoms in total. The fraction of sp³-hybridized carbons (Fsp3) is 0.484. The van der Waals surface area contributed by atoms with Gasteiger partial charge in [0.15, 0.2) is 11.5 Å². The van der Waals surface area contributed by atoms with Gasteiger partial charge >= 0.3 is 0 Å². The van der Waals surface area contributed by atoms with Gasteiger partial charge in [-0.1, -0.05) is 44.3 Å². The number of aromatic nitrogens is 2. The SMILES string of the molecule is CC(C)(CC(=O)CC1(CC(=O)c2cc(-c3ccc(F)cc3F)on2)CN(C2CCCCC2)C1)c1cccc(F)n1. The van der Waals surface area contributed by atoms with E-state index in [0.717, 1.165) is 25.0 Å². The third-order valence-electron chi connectivity index (χ3n) is 8.32. The van der Waals surface area contributed by atoms with Crippen molar-refractivity contribution in [2.45, 2.75) is 76.7 Å². The van der Waals surface area contributed by atoms with Crippen LogP contribution in [0.1, 0.15) is 81.4 Å². The average molecular weight is 554 g/mol. The van der Waals surface area contributed by atoms with E-state index in [0.29, 0.717) is 24.8 Å². The number of carbonyl (C=O) groups is 2. The summed E-state index contributed by atoms with van der Waals surface area (Å²) in [5, 5.41) is 3.87. The van der Waals surface area contributed by atoms with Crippen LogP contribution < -0.4 is 0 Å². The molecule has 1 aliphatic heterocycles. The summed E-state index contributed by atoms with van der Waals surface area (Å²) in [7, 11) is 0. The highest BCUT2D eigenvalue weighted by Crippen LogP contribution is 2.43. The van der Waals surface area contributed by atoms with Crippen LogP contribution in [0, 0.1) is 23.0 Å². The minimum atomic E-state index is -0.810. The smallest absolute Gasteiger partial charge is 0.213 e. The fourth-order valence-corrected chi connectivity index (χ4v) is 6.31. The molecule has 0 unspecified atom stereocenters. The Labute approximate surface area is 232 Å². The molecule has 9 heteroatoms. The summed E-state index contributed by atoms with van der Waals surface area (Å²) in [6.07, 6.45) is 6.30. The molecule has 0 amide bonds. The minimum absolute atomic E-state index is 0.0122. The Morgan fingerprint density at radius 3 is 2.48 bits per heavy atom. The van der Waals surface area contributed by atoms with E-state index < -0.39 is 28.4 Å². The Bertz CT molecular complexity index is 1390. The predicted molar refractivity (Wildman–Crippen MR) is 143 cm³/mol. The zero-order chi connectivity index (χ0) is 28.5. The molecule has 5 rings (SSSR count). The molecule has 0 spiro atoms. The van der Waals surface area contributed by atoms with Crippen molar-refractivity contribution in [2.75, 3.05) is 13.1 Å². The van der Waals surface area contributed by atoms with Crippen molar-refractivity contribution in [3.8, 4) is 11.3 Å². The predicted octanol–water partition coefficient (Wildman–Crippen LogP) is 6.69. The van der Waals surface area contributed by atoms with E-state index in [9.17, 15) is 22.8 Å². The Morgan fingerprint density at radius 1 is 1.02 bits per heavy atom. The molecule has 1 saturated carbocycles. The standard InChI is InChI=1S/C31H34F3N3O3/c1-30(2,28-9-6-10-29(34)35-28)15-22(38)16-31(18-37(19-31)21-7-4-3-5-8-21)17-26(39)25-14-27(40-36-25)23-12-11-20(32)13-24(23)33/h6,9-14,21H,3-5,7-8,15-19H2,1-2H3. The third kappa shape index (κ3) is 6.19. The van der Waals surface area contributed by atoms with Crippen LogP contribution in [-0.2, 0) is 10.2 Å². The number of halogens is 3. The zero-order valence-electron chi connectivity index (χ0n) is 22.9. The first-order chi connectivity index (χ1) is 19.0. The lowest BCUT2D eigenvalue weighted by Crippen LogP contribution is -2.61. The summed E-state index contributed by atoms with van der Waals surface area (Å²) in [5.74, 6) is -2.38. The van der Waals surface area contributed by atoms with Crippen molar-refractivity contribution < 1.29 is 27.3 Å². The first kappa shape index (κ1) is 28.2. The number of benzene rings is 1. The molecule has 0 radical (unpaired) electrons. The van der Waals surface area contributed by atoms with E-state index >= 15 is 0 Å². The number of pyridine rings is 1. The van der Waals surface area contributed by atoms with Crippen LogP contribution in [-0.4, -0.2) is 45.7 Å². The van der Waals surface area contributed by atoms with E-state index in [-0.39, 0.29) is 47.8 Å². The number of Topliss-reactive ketones (excluding diaryl/α,β-unsaturated/α-hetero) is 2. The van der Waals surface area contributed by atoms with Gasteiger partial charge in [-0.3, -0.25) is 14.5 Å². The van der Waals surface area contributed by atoms with Gasteiger partial charge in [-0.25, -0.2) is 13.8 Å². The number of ketones is 2. The lowest BCUT2D eigenvalue weighted by atomic mass is 9.68. The number of hydrogen-bond acceptors (Lipinski definition) is 6. The molecule has 0 N–H and O–H groups in total. The van der Waals surface area contributed by atoms with Crippen molar-refractivity contribution in [1.29, 1.82) is 0 Å². The van der Waals surface area contributed by atoms with Crippen LogP contribution in [0.5, 0.6) is 0 Å². The van der Waals surface area contributed by atoms with Gasteiger partial charge in [0.1, 0.15) is 23.1 Å². The second-order valence-corrected chi connectivity index (χ2v) is 12.1. The Kier molecular flexibility index (Phi) is 7.95. The normalized spacial score (nSPS) is 17.9. The molecular weight excluding hydrogens is 519 g/mol. The molecule has 3 aromatic rings. The van der Waals surface area contributed by atoms with Gasteiger partial charge in [0.25, 0.3) is 0 Å². The summed E-state index contributed by atoms with van der Waals surface area (Å²) >= 11 is 0. The van der Waals surface area contributed by atoms with Crippen LogP contribution in [0.3, 0.4) is 0 Å². The molecule has 0 bridgehead atoms. The fourth-order valence-electron chi connectivity index (χ4n) is 6.31. The summed E-state index contributed by atoms with van der Waals surface area (Å²) < 4.78 is 46.6. The van der Waals surface area contributed by atoms with Gasteiger partial charge < -0.3 is 4.52 Å². The second kappa shape index (κ2) is 11.3. The van der Waals surface area contributed by atoms with Crippen LogP contribution >= 0.6 is 0 Å². The molecule has 212 valence electrons. The zero-order valence-corrected chi connectivity index (χ0v) is 22.9.